The van der Waals surface area contributed by atoms with E-state index in [0.717, 1.165) is 5.56 Å². The molecule has 248 valence electrons. The van der Waals surface area contributed by atoms with Gasteiger partial charge >= 0.3 is 12.2 Å². The number of amides is 2. The molecule has 0 aliphatic carbocycles. The molecule has 1 aromatic rings. The maximum atomic E-state index is 11.8. The van der Waals surface area contributed by atoms with Crippen LogP contribution in [-0.4, -0.2) is 135 Å². The predicted molar refractivity (Wildman–Crippen MR) is 159 cm³/mol. The van der Waals surface area contributed by atoms with Crippen molar-refractivity contribution in [2.75, 3.05) is 113 Å². The van der Waals surface area contributed by atoms with E-state index >= 15 is 0 Å². The van der Waals surface area contributed by atoms with Gasteiger partial charge in [0.25, 0.3) is 0 Å². The van der Waals surface area contributed by atoms with E-state index in [1.165, 1.54) is 4.90 Å². The summed E-state index contributed by atoms with van der Waals surface area (Å²) in [5.41, 5.74) is 0.423. The Labute approximate surface area is 256 Å². The molecule has 0 aliphatic rings. The van der Waals surface area contributed by atoms with Crippen molar-refractivity contribution in [1.82, 2.24) is 10.2 Å². The molecule has 1 N–H and O–H groups in total. The van der Waals surface area contributed by atoms with Crippen LogP contribution in [0.25, 0.3) is 0 Å². The first-order valence-electron chi connectivity index (χ1n) is 14.7. The average Bonchev–Trinajstić information content (AvgIpc) is 2.97. The number of carbonyl (C=O) groups excluding carboxylic acids is 2. The number of benzene rings is 1. The van der Waals surface area contributed by atoms with Gasteiger partial charge in [-0.2, -0.15) is 0 Å². The SMILES string of the molecule is CN(CCOCCOCCOCCOCCOCCOCCOCCNC(=O)OCc1ccccc1)C(=O)OC(C)(C)C. The summed E-state index contributed by atoms with van der Waals surface area (Å²) in [5.74, 6) is 0. The van der Waals surface area contributed by atoms with Crippen molar-refractivity contribution in [3.05, 3.63) is 35.9 Å². The summed E-state index contributed by atoms with van der Waals surface area (Å²) in [4.78, 5) is 24.9. The Hall–Kier alpha value is -2.52. The molecule has 0 saturated heterocycles. The lowest BCUT2D eigenvalue weighted by atomic mass is 10.2. The summed E-state index contributed by atoms with van der Waals surface area (Å²) in [6.07, 6.45) is -0.840. The number of hydrogen-bond donors (Lipinski definition) is 1. The van der Waals surface area contributed by atoms with Gasteiger partial charge < -0.3 is 52.8 Å². The smallest absolute Gasteiger partial charge is 0.410 e. The lowest BCUT2D eigenvalue weighted by Crippen LogP contribution is -2.36. The minimum atomic E-state index is -0.512. The van der Waals surface area contributed by atoms with Gasteiger partial charge in [-0.3, -0.25) is 0 Å². The van der Waals surface area contributed by atoms with Crippen LogP contribution >= 0.6 is 0 Å². The minimum absolute atomic E-state index is 0.236. The van der Waals surface area contributed by atoms with Crippen molar-refractivity contribution < 1.29 is 52.2 Å². The van der Waals surface area contributed by atoms with Gasteiger partial charge in [0.05, 0.1) is 92.5 Å². The fraction of sp³-hybridized carbons (Fsp3) is 0.733. The second-order valence-corrected chi connectivity index (χ2v) is 10.2. The predicted octanol–water partition coefficient (Wildman–Crippen LogP) is 2.90. The van der Waals surface area contributed by atoms with Gasteiger partial charge in [0.15, 0.2) is 0 Å². The van der Waals surface area contributed by atoms with Crippen LogP contribution in [0.1, 0.15) is 26.3 Å². The van der Waals surface area contributed by atoms with Crippen molar-refractivity contribution in [3.63, 3.8) is 0 Å². The molecular weight excluding hydrogens is 564 g/mol. The molecule has 1 aromatic carbocycles. The number of rotatable bonds is 26. The fourth-order valence-electron chi connectivity index (χ4n) is 3.05. The monoisotopic (exact) mass is 616 g/mol. The number of carbonyl (C=O) groups is 2. The molecule has 1 rings (SSSR count). The van der Waals surface area contributed by atoms with Gasteiger partial charge in [-0.15, -0.1) is 0 Å². The minimum Gasteiger partial charge on any atom is -0.445 e. The van der Waals surface area contributed by atoms with Crippen molar-refractivity contribution in [1.29, 1.82) is 0 Å². The maximum absolute atomic E-state index is 11.8. The van der Waals surface area contributed by atoms with E-state index < -0.39 is 11.7 Å². The molecule has 13 nitrogen and oxygen atoms in total. The first kappa shape index (κ1) is 38.5. The van der Waals surface area contributed by atoms with Gasteiger partial charge in [-0.05, 0) is 26.3 Å². The highest BCUT2D eigenvalue weighted by atomic mass is 16.6. The number of likely N-dealkylation sites (N-methyl/N-ethyl adjacent to an activating group) is 1. The molecule has 0 heterocycles. The van der Waals surface area contributed by atoms with E-state index in [1.807, 2.05) is 51.1 Å². The van der Waals surface area contributed by atoms with E-state index in [9.17, 15) is 9.59 Å². The molecule has 0 atom stereocenters. The van der Waals surface area contributed by atoms with Crippen LogP contribution in [0.4, 0.5) is 9.59 Å². The van der Waals surface area contributed by atoms with Gasteiger partial charge in [0.2, 0.25) is 0 Å². The Morgan fingerprint density at radius 3 is 1.51 bits per heavy atom. The summed E-state index contributed by atoms with van der Waals surface area (Å²) in [6, 6.07) is 9.49. The van der Waals surface area contributed by atoms with E-state index in [4.69, 9.17) is 42.6 Å². The second kappa shape index (κ2) is 25.9. The highest BCUT2D eigenvalue weighted by Crippen LogP contribution is 2.08. The molecule has 0 spiro atoms. The lowest BCUT2D eigenvalue weighted by molar-refractivity contribution is -0.0211. The summed E-state index contributed by atoms with van der Waals surface area (Å²) >= 11 is 0. The highest BCUT2D eigenvalue weighted by molar-refractivity contribution is 5.67. The molecule has 13 heteroatoms. The first-order valence-corrected chi connectivity index (χ1v) is 14.7. The quantitative estimate of drug-likeness (QED) is 0.154. The van der Waals surface area contributed by atoms with Gasteiger partial charge in [-0.1, -0.05) is 30.3 Å². The van der Waals surface area contributed by atoms with Crippen LogP contribution in [0.15, 0.2) is 30.3 Å². The molecule has 0 bridgehead atoms. The Kier molecular flexibility index (Phi) is 23.2. The summed E-state index contributed by atoms with van der Waals surface area (Å²) in [6.45, 7) is 12.9. The van der Waals surface area contributed by atoms with E-state index in [2.05, 4.69) is 5.32 Å². The third-order valence-corrected chi connectivity index (χ3v) is 5.24. The molecule has 0 fully saturated rings. The van der Waals surface area contributed by atoms with Crippen LogP contribution < -0.4 is 5.32 Å². The van der Waals surface area contributed by atoms with Gasteiger partial charge in [-0.25, -0.2) is 9.59 Å². The maximum Gasteiger partial charge on any atom is 0.410 e. The van der Waals surface area contributed by atoms with Crippen LogP contribution in [0.3, 0.4) is 0 Å². The topological polar surface area (TPSA) is 132 Å². The largest absolute Gasteiger partial charge is 0.445 e. The fourth-order valence-corrected chi connectivity index (χ4v) is 3.05. The summed E-state index contributed by atoms with van der Waals surface area (Å²) < 4.78 is 48.5. The Morgan fingerprint density at radius 2 is 1.07 bits per heavy atom. The van der Waals surface area contributed by atoms with Crippen LogP contribution in [-0.2, 0) is 49.2 Å². The second-order valence-electron chi connectivity index (χ2n) is 10.2. The zero-order chi connectivity index (χ0) is 31.4. The van der Waals surface area contributed by atoms with Crippen molar-refractivity contribution in [3.8, 4) is 0 Å². The van der Waals surface area contributed by atoms with Crippen molar-refractivity contribution in [2.24, 2.45) is 0 Å². The summed E-state index contributed by atoms with van der Waals surface area (Å²) in [5, 5.41) is 2.64. The van der Waals surface area contributed by atoms with Crippen molar-refractivity contribution in [2.45, 2.75) is 33.0 Å². The van der Waals surface area contributed by atoms with Crippen LogP contribution in [0, 0.1) is 0 Å². The van der Waals surface area contributed by atoms with Crippen LogP contribution in [0.5, 0.6) is 0 Å². The first-order chi connectivity index (χ1) is 20.8. The molecule has 0 radical (unpaired) electrons. The Bertz CT molecular complexity index is 809. The third-order valence-electron chi connectivity index (χ3n) is 5.24. The number of nitrogens with one attached hydrogen (secondary N) is 1. The van der Waals surface area contributed by atoms with Crippen LogP contribution in [0.2, 0.25) is 0 Å². The molecule has 0 saturated carbocycles. The summed E-state index contributed by atoms with van der Waals surface area (Å²) in [7, 11) is 1.68. The normalized spacial score (nSPS) is 11.3. The molecule has 0 unspecified atom stereocenters. The van der Waals surface area contributed by atoms with E-state index in [-0.39, 0.29) is 12.7 Å². The van der Waals surface area contributed by atoms with Crippen molar-refractivity contribution >= 4 is 12.2 Å². The lowest BCUT2D eigenvalue weighted by Gasteiger charge is -2.24. The molecule has 2 amide bonds. The van der Waals surface area contributed by atoms with E-state index in [0.29, 0.717) is 106 Å². The molecule has 43 heavy (non-hydrogen) atoms. The third kappa shape index (κ3) is 25.7. The standard InChI is InChI=1S/C30H52N2O11/c1-30(2,3)43-29(34)32(4)11-13-36-15-17-38-19-21-40-23-25-41-24-22-39-20-18-37-16-14-35-12-10-31-28(33)42-26-27-8-6-5-7-9-27/h5-9H,10-26H2,1-4H3,(H,31,33). The Morgan fingerprint density at radius 1 is 0.651 bits per heavy atom. The number of nitrogens with zero attached hydrogens (tertiary/aromatic N) is 1. The molecular formula is C30H52N2O11. The highest BCUT2D eigenvalue weighted by Gasteiger charge is 2.19. The molecule has 0 aliphatic heterocycles. The van der Waals surface area contributed by atoms with Gasteiger partial charge in [0.1, 0.15) is 12.2 Å². The number of ether oxygens (including phenoxy) is 9. The van der Waals surface area contributed by atoms with E-state index in [1.54, 1.807) is 7.05 Å². The average molecular weight is 617 g/mol. The van der Waals surface area contributed by atoms with Gasteiger partial charge in [0, 0.05) is 20.1 Å². The Balaban J connectivity index is 1.71. The molecule has 0 aromatic heterocycles. The number of hydrogen-bond acceptors (Lipinski definition) is 11. The number of alkyl carbamates (subject to hydrolysis) is 1. The zero-order valence-electron chi connectivity index (χ0n) is 26.3. The zero-order valence-corrected chi connectivity index (χ0v) is 26.3.